The highest BCUT2D eigenvalue weighted by Gasteiger charge is 2.06. The number of carbonyl (C=O) groups is 1. The van der Waals surface area contributed by atoms with Gasteiger partial charge in [-0.15, -0.1) is 0 Å². The molecular formula is C9H16N4O. The van der Waals surface area contributed by atoms with Gasteiger partial charge in [0, 0.05) is 32.3 Å². The fraction of sp³-hybridized carbons (Fsp3) is 0.556. The molecule has 78 valence electrons. The Bertz CT molecular complexity index is 330. The molecule has 14 heavy (non-hydrogen) atoms. The fourth-order valence-electron chi connectivity index (χ4n) is 1.19. The van der Waals surface area contributed by atoms with E-state index in [-0.39, 0.29) is 5.91 Å². The number of nitrogen functional groups attached to an aromatic ring is 1. The van der Waals surface area contributed by atoms with Gasteiger partial charge in [-0.2, -0.15) is 5.10 Å². The zero-order valence-corrected chi connectivity index (χ0v) is 8.82. The van der Waals surface area contributed by atoms with Crippen molar-refractivity contribution in [3.05, 3.63) is 11.8 Å². The Kier molecular flexibility index (Phi) is 3.11. The van der Waals surface area contributed by atoms with Crippen molar-refractivity contribution in [3.8, 4) is 0 Å². The molecule has 5 nitrogen and oxygen atoms in total. The molecule has 0 radical (unpaired) electrons. The van der Waals surface area contributed by atoms with Gasteiger partial charge < -0.3 is 10.6 Å². The number of aromatic nitrogens is 2. The molecule has 5 heteroatoms. The van der Waals surface area contributed by atoms with Crippen molar-refractivity contribution < 1.29 is 4.79 Å². The van der Waals surface area contributed by atoms with Crippen molar-refractivity contribution in [3.63, 3.8) is 0 Å². The molecule has 1 amide bonds. The lowest BCUT2D eigenvalue weighted by atomic mass is 10.3. The first-order chi connectivity index (χ1) is 6.50. The van der Waals surface area contributed by atoms with E-state index < -0.39 is 0 Å². The molecule has 0 aromatic carbocycles. The minimum Gasteiger partial charge on any atom is -0.382 e. The molecule has 1 aromatic heterocycles. The summed E-state index contributed by atoms with van der Waals surface area (Å²) in [7, 11) is 3.49. The molecule has 0 saturated heterocycles. The van der Waals surface area contributed by atoms with E-state index in [0.29, 0.717) is 18.8 Å². The second-order valence-corrected chi connectivity index (χ2v) is 3.47. The van der Waals surface area contributed by atoms with Crippen LogP contribution in [0, 0.1) is 6.92 Å². The summed E-state index contributed by atoms with van der Waals surface area (Å²) >= 11 is 0. The molecule has 0 bridgehead atoms. The van der Waals surface area contributed by atoms with Crippen molar-refractivity contribution in [1.82, 2.24) is 14.7 Å². The Hall–Kier alpha value is -1.52. The highest BCUT2D eigenvalue weighted by molar-refractivity contribution is 5.75. The van der Waals surface area contributed by atoms with Gasteiger partial charge in [0.05, 0.1) is 6.54 Å². The van der Waals surface area contributed by atoms with Crippen LogP contribution in [0.1, 0.15) is 12.1 Å². The largest absolute Gasteiger partial charge is 0.382 e. The number of anilines is 1. The molecule has 0 unspecified atom stereocenters. The van der Waals surface area contributed by atoms with Gasteiger partial charge in [0.25, 0.3) is 0 Å². The average molecular weight is 196 g/mol. The molecule has 0 atom stereocenters. The number of carbonyl (C=O) groups excluding carboxylic acids is 1. The Labute approximate surface area is 83.5 Å². The summed E-state index contributed by atoms with van der Waals surface area (Å²) in [6.45, 7) is 2.50. The number of nitrogens with two attached hydrogens (primary N) is 1. The number of amides is 1. The first-order valence-electron chi connectivity index (χ1n) is 4.51. The van der Waals surface area contributed by atoms with Gasteiger partial charge in [-0.05, 0) is 6.92 Å². The van der Waals surface area contributed by atoms with E-state index in [1.54, 1.807) is 29.7 Å². The van der Waals surface area contributed by atoms with E-state index in [2.05, 4.69) is 5.10 Å². The molecule has 0 fully saturated rings. The van der Waals surface area contributed by atoms with Gasteiger partial charge in [0.2, 0.25) is 5.91 Å². The second kappa shape index (κ2) is 4.13. The van der Waals surface area contributed by atoms with Crippen LogP contribution in [0.2, 0.25) is 0 Å². The zero-order valence-electron chi connectivity index (χ0n) is 8.82. The number of rotatable bonds is 3. The summed E-state index contributed by atoms with van der Waals surface area (Å²) in [6, 6.07) is 1.79. The highest BCUT2D eigenvalue weighted by Crippen LogP contribution is 2.05. The number of aryl methyl sites for hydroxylation is 2. The Morgan fingerprint density at radius 2 is 2.29 bits per heavy atom. The minimum absolute atomic E-state index is 0.0958. The van der Waals surface area contributed by atoms with Crippen LogP contribution in [0.5, 0.6) is 0 Å². The van der Waals surface area contributed by atoms with Gasteiger partial charge >= 0.3 is 0 Å². The fourth-order valence-corrected chi connectivity index (χ4v) is 1.19. The van der Waals surface area contributed by atoms with Crippen LogP contribution in [-0.2, 0) is 11.3 Å². The van der Waals surface area contributed by atoms with Crippen molar-refractivity contribution in [2.45, 2.75) is 19.9 Å². The van der Waals surface area contributed by atoms with E-state index in [0.717, 1.165) is 5.69 Å². The van der Waals surface area contributed by atoms with Crippen molar-refractivity contribution in [2.75, 3.05) is 19.8 Å². The molecule has 1 rings (SSSR count). The monoisotopic (exact) mass is 196 g/mol. The molecule has 0 aliphatic carbocycles. The van der Waals surface area contributed by atoms with E-state index in [1.165, 1.54) is 0 Å². The van der Waals surface area contributed by atoms with Crippen LogP contribution in [0.3, 0.4) is 0 Å². The van der Waals surface area contributed by atoms with Gasteiger partial charge in [-0.1, -0.05) is 0 Å². The Morgan fingerprint density at radius 3 is 2.71 bits per heavy atom. The lowest BCUT2D eigenvalue weighted by Gasteiger charge is -2.10. The molecule has 1 aromatic rings. The zero-order chi connectivity index (χ0) is 10.7. The summed E-state index contributed by atoms with van der Waals surface area (Å²) in [4.78, 5) is 12.9. The van der Waals surface area contributed by atoms with Gasteiger partial charge in [-0.25, -0.2) is 0 Å². The first-order valence-corrected chi connectivity index (χ1v) is 4.51. The lowest BCUT2D eigenvalue weighted by Crippen LogP contribution is -2.23. The maximum atomic E-state index is 11.3. The molecule has 2 N–H and O–H groups in total. The van der Waals surface area contributed by atoms with Crippen LogP contribution >= 0.6 is 0 Å². The average Bonchev–Trinajstić information content (AvgIpc) is 2.40. The van der Waals surface area contributed by atoms with Crippen LogP contribution < -0.4 is 5.73 Å². The van der Waals surface area contributed by atoms with Gasteiger partial charge in [0.15, 0.2) is 0 Å². The van der Waals surface area contributed by atoms with Gasteiger partial charge in [-0.3, -0.25) is 9.48 Å². The summed E-state index contributed by atoms with van der Waals surface area (Å²) < 4.78 is 1.75. The van der Waals surface area contributed by atoms with E-state index in [4.69, 9.17) is 5.73 Å². The third kappa shape index (κ3) is 2.48. The minimum atomic E-state index is 0.0958. The topological polar surface area (TPSA) is 64.1 Å². The van der Waals surface area contributed by atoms with E-state index in [9.17, 15) is 4.79 Å². The van der Waals surface area contributed by atoms with Crippen LogP contribution in [0.15, 0.2) is 6.07 Å². The summed E-state index contributed by atoms with van der Waals surface area (Å²) in [6.07, 6.45) is 0.453. The van der Waals surface area contributed by atoms with Crippen molar-refractivity contribution in [1.29, 1.82) is 0 Å². The smallest absolute Gasteiger partial charge is 0.223 e. The first kappa shape index (κ1) is 10.6. The number of hydrogen-bond acceptors (Lipinski definition) is 3. The standard InChI is InChI=1S/C9H16N4O/c1-7-6-8(10)11-13(7)5-4-9(14)12(2)3/h6H,4-5H2,1-3H3,(H2,10,11). The molecule has 1 heterocycles. The Balaban J connectivity index is 2.54. The third-order valence-electron chi connectivity index (χ3n) is 2.04. The molecule has 0 aliphatic heterocycles. The van der Waals surface area contributed by atoms with Crippen LogP contribution in [0.25, 0.3) is 0 Å². The quantitative estimate of drug-likeness (QED) is 0.753. The summed E-state index contributed by atoms with van der Waals surface area (Å²) in [5, 5.41) is 4.07. The van der Waals surface area contributed by atoms with Crippen LogP contribution in [-0.4, -0.2) is 34.7 Å². The summed E-state index contributed by atoms with van der Waals surface area (Å²) in [5.74, 6) is 0.596. The van der Waals surface area contributed by atoms with Crippen LogP contribution in [0.4, 0.5) is 5.82 Å². The highest BCUT2D eigenvalue weighted by atomic mass is 16.2. The normalized spacial score (nSPS) is 10.2. The maximum Gasteiger partial charge on any atom is 0.223 e. The van der Waals surface area contributed by atoms with Gasteiger partial charge in [0.1, 0.15) is 5.82 Å². The predicted molar refractivity (Wildman–Crippen MR) is 54.7 cm³/mol. The molecule has 0 saturated carbocycles. The van der Waals surface area contributed by atoms with Crippen molar-refractivity contribution in [2.24, 2.45) is 0 Å². The second-order valence-electron chi connectivity index (χ2n) is 3.47. The Morgan fingerprint density at radius 1 is 1.64 bits per heavy atom. The van der Waals surface area contributed by atoms with E-state index >= 15 is 0 Å². The molecule has 0 aliphatic rings. The molecule has 0 spiro atoms. The van der Waals surface area contributed by atoms with Crippen molar-refractivity contribution >= 4 is 11.7 Å². The van der Waals surface area contributed by atoms with E-state index in [1.807, 2.05) is 6.92 Å². The lowest BCUT2D eigenvalue weighted by molar-refractivity contribution is -0.128. The molecular weight excluding hydrogens is 180 g/mol. The summed E-state index contributed by atoms with van der Waals surface area (Å²) in [5.41, 5.74) is 6.50. The third-order valence-corrected chi connectivity index (χ3v) is 2.04. The SMILES string of the molecule is Cc1cc(N)nn1CCC(=O)N(C)C. The predicted octanol–water partition coefficient (Wildman–Crippen LogP) is 0.252. The number of hydrogen-bond donors (Lipinski definition) is 1. The number of nitrogens with zero attached hydrogens (tertiary/aromatic N) is 3. The maximum absolute atomic E-state index is 11.3.